The van der Waals surface area contributed by atoms with Gasteiger partial charge in [0.2, 0.25) is 0 Å². The van der Waals surface area contributed by atoms with Crippen molar-refractivity contribution in [3.8, 4) is 0 Å². The van der Waals surface area contributed by atoms with E-state index < -0.39 is 0 Å². The smallest absolute Gasteiger partial charge is 0.320 e. The van der Waals surface area contributed by atoms with Crippen LogP contribution >= 0.6 is 0 Å². The van der Waals surface area contributed by atoms with Gasteiger partial charge in [-0.05, 0) is 25.3 Å². The van der Waals surface area contributed by atoms with Crippen molar-refractivity contribution in [3.63, 3.8) is 0 Å². The Hall–Kier alpha value is -0.790. The standard InChI is InChI=1S/C9H14O2/c1-7(2)6-9(3)4-5-11-8(9)10/h4-5,7H,6H2,1-3H3/t9-/m1/s1. The first-order chi connectivity index (χ1) is 5.04. The Morgan fingerprint density at radius 1 is 1.64 bits per heavy atom. The second-order valence-electron chi connectivity index (χ2n) is 3.72. The van der Waals surface area contributed by atoms with Gasteiger partial charge in [-0.3, -0.25) is 4.79 Å². The molecule has 0 aromatic rings. The topological polar surface area (TPSA) is 26.3 Å². The molecule has 0 aromatic heterocycles. The van der Waals surface area contributed by atoms with Crippen LogP contribution in [0.25, 0.3) is 0 Å². The lowest BCUT2D eigenvalue weighted by molar-refractivity contribution is -0.144. The third-order valence-electron chi connectivity index (χ3n) is 1.91. The third-order valence-corrected chi connectivity index (χ3v) is 1.91. The number of cyclic esters (lactones) is 1. The lowest BCUT2D eigenvalue weighted by atomic mass is 9.83. The summed E-state index contributed by atoms with van der Waals surface area (Å²) in [6, 6.07) is 0. The minimum atomic E-state index is -0.367. The summed E-state index contributed by atoms with van der Waals surface area (Å²) in [5.74, 6) is 0.404. The first kappa shape index (κ1) is 8.31. The van der Waals surface area contributed by atoms with Gasteiger partial charge in [-0.2, -0.15) is 0 Å². The molecule has 0 fully saturated rings. The van der Waals surface area contributed by atoms with Gasteiger partial charge in [0.25, 0.3) is 0 Å². The van der Waals surface area contributed by atoms with Crippen molar-refractivity contribution >= 4 is 5.97 Å². The number of rotatable bonds is 2. The molecule has 1 aliphatic heterocycles. The summed E-state index contributed by atoms with van der Waals surface area (Å²) in [6.07, 6.45) is 4.20. The highest BCUT2D eigenvalue weighted by Crippen LogP contribution is 2.32. The quantitative estimate of drug-likeness (QED) is 0.569. The van der Waals surface area contributed by atoms with E-state index in [0.717, 1.165) is 6.42 Å². The Bertz CT molecular complexity index is 194. The maximum atomic E-state index is 11.1. The van der Waals surface area contributed by atoms with Crippen molar-refractivity contribution < 1.29 is 9.53 Å². The van der Waals surface area contributed by atoms with E-state index in [-0.39, 0.29) is 11.4 Å². The number of esters is 1. The Labute approximate surface area is 67.2 Å². The van der Waals surface area contributed by atoms with Crippen LogP contribution in [0.15, 0.2) is 12.3 Å². The molecule has 0 saturated heterocycles. The average molecular weight is 154 g/mol. The van der Waals surface area contributed by atoms with Gasteiger partial charge in [0.15, 0.2) is 0 Å². The van der Waals surface area contributed by atoms with Gasteiger partial charge in [0.05, 0.1) is 11.7 Å². The van der Waals surface area contributed by atoms with Crippen LogP contribution in [0.2, 0.25) is 0 Å². The molecule has 0 amide bonds. The van der Waals surface area contributed by atoms with Crippen LogP contribution in [0.4, 0.5) is 0 Å². The van der Waals surface area contributed by atoms with Crippen molar-refractivity contribution in [1.82, 2.24) is 0 Å². The molecule has 0 aromatic carbocycles. The first-order valence-corrected chi connectivity index (χ1v) is 3.93. The number of carbonyl (C=O) groups is 1. The highest BCUT2D eigenvalue weighted by atomic mass is 16.5. The molecule has 0 spiro atoms. The molecule has 1 heterocycles. The van der Waals surface area contributed by atoms with Crippen molar-refractivity contribution in [1.29, 1.82) is 0 Å². The van der Waals surface area contributed by atoms with E-state index in [0.29, 0.717) is 5.92 Å². The van der Waals surface area contributed by atoms with Crippen LogP contribution in [-0.2, 0) is 9.53 Å². The molecule has 0 bridgehead atoms. The van der Waals surface area contributed by atoms with Crippen LogP contribution < -0.4 is 0 Å². The van der Waals surface area contributed by atoms with E-state index in [1.165, 1.54) is 6.26 Å². The monoisotopic (exact) mass is 154 g/mol. The van der Waals surface area contributed by atoms with Gasteiger partial charge in [-0.25, -0.2) is 0 Å². The molecule has 0 radical (unpaired) electrons. The predicted molar refractivity (Wildman–Crippen MR) is 42.8 cm³/mol. The Balaban J connectivity index is 2.66. The molecule has 0 saturated carbocycles. The number of ether oxygens (including phenoxy) is 1. The zero-order chi connectivity index (χ0) is 8.48. The normalized spacial score (nSPS) is 29.6. The van der Waals surface area contributed by atoms with Gasteiger partial charge in [-0.15, -0.1) is 0 Å². The SMILES string of the molecule is CC(C)C[C@@]1(C)C=COC1=O. The minimum absolute atomic E-state index is 0.119. The predicted octanol–water partition coefficient (Wildman–Crippen LogP) is 2.11. The maximum Gasteiger partial charge on any atom is 0.320 e. The molecule has 62 valence electrons. The van der Waals surface area contributed by atoms with Crippen molar-refractivity contribution in [2.75, 3.05) is 0 Å². The van der Waals surface area contributed by atoms with Crippen molar-refractivity contribution in [2.45, 2.75) is 27.2 Å². The molecule has 0 unspecified atom stereocenters. The minimum Gasteiger partial charge on any atom is -0.434 e. The largest absolute Gasteiger partial charge is 0.434 e. The summed E-state index contributed by atoms with van der Waals surface area (Å²) >= 11 is 0. The summed E-state index contributed by atoms with van der Waals surface area (Å²) in [4.78, 5) is 11.1. The fourth-order valence-electron chi connectivity index (χ4n) is 1.45. The number of hydrogen-bond donors (Lipinski definition) is 0. The highest BCUT2D eigenvalue weighted by Gasteiger charge is 2.36. The lowest BCUT2D eigenvalue weighted by Crippen LogP contribution is -2.24. The van der Waals surface area contributed by atoms with Crippen LogP contribution in [-0.4, -0.2) is 5.97 Å². The molecule has 2 heteroatoms. The van der Waals surface area contributed by atoms with E-state index in [4.69, 9.17) is 4.74 Å². The zero-order valence-corrected chi connectivity index (χ0v) is 7.26. The molecule has 11 heavy (non-hydrogen) atoms. The molecule has 0 N–H and O–H groups in total. The molecule has 1 atom stereocenters. The highest BCUT2D eigenvalue weighted by molar-refractivity contribution is 5.81. The van der Waals surface area contributed by atoms with Gasteiger partial charge in [0.1, 0.15) is 0 Å². The molecule has 2 nitrogen and oxygen atoms in total. The zero-order valence-electron chi connectivity index (χ0n) is 7.26. The van der Waals surface area contributed by atoms with E-state index in [1.807, 2.05) is 13.0 Å². The summed E-state index contributed by atoms with van der Waals surface area (Å²) in [5, 5.41) is 0. The van der Waals surface area contributed by atoms with Crippen molar-refractivity contribution in [2.24, 2.45) is 11.3 Å². The van der Waals surface area contributed by atoms with Crippen molar-refractivity contribution in [3.05, 3.63) is 12.3 Å². The Morgan fingerprint density at radius 2 is 2.27 bits per heavy atom. The first-order valence-electron chi connectivity index (χ1n) is 3.93. The molecule has 0 aliphatic carbocycles. The third kappa shape index (κ3) is 1.62. The lowest BCUT2D eigenvalue weighted by Gasteiger charge is -2.19. The van der Waals surface area contributed by atoms with Crippen LogP contribution in [0.3, 0.4) is 0 Å². The number of carbonyl (C=O) groups excluding carboxylic acids is 1. The van der Waals surface area contributed by atoms with Gasteiger partial charge in [0, 0.05) is 0 Å². The molecule has 1 aliphatic rings. The Morgan fingerprint density at radius 3 is 2.64 bits per heavy atom. The van der Waals surface area contributed by atoms with E-state index in [1.54, 1.807) is 0 Å². The fourth-order valence-corrected chi connectivity index (χ4v) is 1.45. The van der Waals surface area contributed by atoms with Crippen LogP contribution in [0, 0.1) is 11.3 Å². The van der Waals surface area contributed by atoms with E-state index >= 15 is 0 Å². The van der Waals surface area contributed by atoms with Gasteiger partial charge >= 0.3 is 5.97 Å². The fraction of sp³-hybridized carbons (Fsp3) is 0.667. The van der Waals surface area contributed by atoms with E-state index in [2.05, 4.69) is 13.8 Å². The average Bonchev–Trinajstić information content (AvgIpc) is 2.11. The molecular formula is C9H14O2. The Kier molecular flexibility index (Phi) is 2.03. The summed E-state index contributed by atoms with van der Waals surface area (Å²) in [6.45, 7) is 6.12. The van der Waals surface area contributed by atoms with E-state index in [9.17, 15) is 4.79 Å². The summed E-state index contributed by atoms with van der Waals surface area (Å²) in [5.41, 5.74) is -0.367. The second kappa shape index (κ2) is 2.68. The van der Waals surface area contributed by atoms with Gasteiger partial charge < -0.3 is 4.74 Å². The van der Waals surface area contributed by atoms with Crippen LogP contribution in [0.1, 0.15) is 27.2 Å². The molecule has 1 rings (SSSR count). The number of hydrogen-bond acceptors (Lipinski definition) is 2. The summed E-state index contributed by atoms with van der Waals surface area (Å²) in [7, 11) is 0. The summed E-state index contributed by atoms with van der Waals surface area (Å²) < 4.78 is 4.75. The van der Waals surface area contributed by atoms with Gasteiger partial charge in [-0.1, -0.05) is 13.8 Å². The second-order valence-corrected chi connectivity index (χ2v) is 3.72. The maximum absolute atomic E-state index is 11.1. The van der Waals surface area contributed by atoms with Crippen LogP contribution in [0.5, 0.6) is 0 Å². The molecular weight excluding hydrogens is 140 g/mol.